The number of rotatable bonds is 4. The number of carboxylic acid groups (broad SMARTS) is 1. The van der Waals surface area contributed by atoms with Gasteiger partial charge in [0.05, 0.1) is 11.7 Å². The molecule has 6 heteroatoms. The number of amides is 1. The van der Waals surface area contributed by atoms with Crippen molar-refractivity contribution in [1.82, 2.24) is 5.32 Å². The SMILES string of the molecule is C#Cc1ccc(C(=O)NC(C(=O)O)C(C)O)c(O)c1. The molecule has 2 atom stereocenters. The van der Waals surface area contributed by atoms with E-state index in [0.29, 0.717) is 5.56 Å². The highest BCUT2D eigenvalue weighted by Gasteiger charge is 2.26. The van der Waals surface area contributed by atoms with Crippen LogP contribution in [0.5, 0.6) is 5.75 Å². The molecule has 100 valence electrons. The molecule has 0 aliphatic rings. The Morgan fingerprint density at radius 3 is 2.47 bits per heavy atom. The Morgan fingerprint density at radius 1 is 1.42 bits per heavy atom. The molecular formula is C13H13NO5. The molecule has 0 aliphatic carbocycles. The molecule has 4 N–H and O–H groups in total. The highest BCUT2D eigenvalue weighted by Crippen LogP contribution is 2.18. The van der Waals surface area contributed by atoms with Crippen LogP contribution in [0.1, 0.15) is 22.8 Å². The molecule has 1 aromatic rings. The number of benzene rings is 1. The van der Waals surface area contributed by atoms with Gasteiger partial charge in [-0.15, -0.1) is 6.42 Å². The molecule has 0 aliphatic heterocycles. The molecule has 0 saturated carbocycles. The molecule has 1 rings (SSSR count). The van der Waals surface area contributed by atoms with Crippen LogP contribution in [0.4, 0.5) is 0 Å². The zero-order valence-electron chi connectivity index (χ0n) is 10.1. The van der Waals surface area contributed by atoms with Gasteiger partial charge in [0.2, 0.25) is 0 Å². The van der Waals surface area contributed by atoms with Gasteiger partial charge >= 0.3 is 5.97 Å². The fourth-order valence-corrected chi connectivity index (χ4v) is 1.42. The van der Waals surface area contributed by atoms with Crippen molar-refractivity contribution in [3.63, 3.8) is 0 Å². The van der Waals surface area contributed by atoms with Gasteiger partial charge in [0.1, 0.15) is 5.75 Å². The fraction of sp³-hybridized carbons (Fsp3) is 0.231. The van der Waals surface area contributed by atoms with Gasteiger partial charge in [-0.1, -0.05) is 5.92 Å². The zero-order valence-corrected chi connectivity index (χ0v) is 10.1. The van der Waals surface area contributed by atoms with Crippen LogP contribution in [0.25, 0.3) is 0 Å². The normalized spacial score (nSPS) is 13.1. The van der Waals surface area contributed by atoms with E-state index < -0.39 is 24.0 Å². The maximum absolute atomic E-state index is 11.8. The summed E-state index contributed by atoms with van der Waals surface area (Å²) in [5.74, 6) is -0.256. The number of aliphatic carboxylic acids is 1. The highest BCUT2D eigenvalue weighted by molar-refractivity contribution is 5.99. The van der Waals surface area contributed by atoms with Crippen molar-refractivity contribution in [3.05, 3.63) is 29.3 Å². The first-order valence-corrected chi connectivity index (χ1v) is 5.38. The largest absolute Gasteiger partial charge is 0.507 e. The van der Waals surface area contributed by atoms with Gasteiger partial charge in [-0.25, -0.2) is 4.79 Å². The van der Waals surface area contributed by atoms with Crippen LogP contribution in [0.2, 0.25) is 0 Å². The van der Waals surface area contributed by atoms with Crippen molar-refractivity contribution < 1.29 is 24.9 Å². The third-order valence-electron chi connectivity index (χ3n) is 2.44. The minimum absolute atomic E-state index is 0.120. The van der Waals surface area contributed by atoms with Gasteiger partial charge in [-0.2, -0.15) is 0 Å². The fourth-order valence-electron chi connectivity index (χ4n) is 1.42. The summed E-state index contributed by atoms with van der Waals surface area (Å²) in [5.41, 5.74) is 0.269. The Hall–Kier alpha value is -2.52. The summed E-state index contributed by atoms with van der Waals surface area (Å²) < 4.78 is 0. The minimum Gasteiger partial charge on any atom is -0.507 e. The molecular weight excluding hydrogens is 250 g/mol. The second-order valence-corrected chi connectivity index (χ2v) is 3.91. The van der Waals surface area contributed by atoms with Crippen molar-refractivity contribution in [2.24, 2.45) is 0 Å². The van der Waals surface area contributed by atoms with Crippen LogP contribution in [0.15, 0.2) is 18.2 Å². The molecule has 1 aromatic carbocycles. The third-order valence-corrected chi connectivity index (χ3v) is 2.44. The molecule has 0 bridgehead atoms. The summed E-state index contributed by atoms with van der Waals surface area (Å²) in [5, 5.41) is 29.8. The number of hydrogen-bond acceptors (Lipinski definition) is 4. The zero-order chi connectivity index (χ0) is 14.6. The number of aromatic hydroxyl groups is 1. The van der Waals surface area contributed by atoms with E-state index in [1.165, 1.54) is 25.1 Å². The van der Waals surface area contributed by atoms with Crippen LogP contribution in [-0.4, -0.2) is 39.3 Å². The van der Waals surface area contributed by atoms with Crippen molar-refractivity contribution in [3.8, 4) is 18.1 Å². The highest BCUT2D eigenvalue weighted by atomic mass is 16.4. The summed E-state index contributed by atoms with van der Waals surface area (Å²) in [6.07, 6.45) is 3.86. The summed E-state index contributed by atoms with van der Waals surface area (Å²) in [6.45, 7) is 1.24. The number of aliphatic hydroxyl groups is 1. The average Bonchev–Trinajstić information content (AvgIpc) is 2.34. The van der Waals surface area contributed by atoms with Gasteiger partial charge in [-0.3, -0.25) is 4.79 Å². The molecule has 1 amide bonds. The summed E-state index contributed by atoms with van der Waals surface area (Å²) in [4.78, 5) is 22.6. The lowest BCUT2D eigenvalue weighted by molar-refractivity contribution is -0.141. The topological polar surface area (TPSA) is 107 Å². The van der Waals surface area contributed by atoms with E-state index in [2.05, 4.69) is 11.2 Å². The Kier molecular flexibility index (Phi) is 4.51. The molecule has 6 nitrogen and oxygen atoms in total. The molecule has 0 spiro atoms. The monoisotopic (exact) mass is 263 g/mol. The van der Waals surface area contributed by atoms with E-state index in [1.807, 2.05) is 0 Å². The van der Waals surface area contributed by atoms with Crippen LogP contribution in [0.3, 0.4) is 0 Å². The van der Waals surface area contributed by atoms with Gasteiger partial charge in [0.15, 0.2) is 6.04 Å². The lowest BCUT2D eigenvalue weighted by Gasteiger charge is -2.17. The molecule has 0 aromatic heterocycles. The molecule has 0 fully saturated rings. The van der Waals surface area contributed by atoms with E-state index in [9.17, 15) is 19.8 Å². The number of phenolic OH excluding ortho intramolecular Hbond substituents is 1. The first-order chi connectivity index (χ1) is 8.86. The van der Waals surface area contributed by atoms with E-state index >= 15 is 0 Å². The Labute approximate surface area is 109 Å². The van der Waals surface area contributed by atoms with Crippen LogP contribution in [0, 0.1) is 12.3 Å². The smallest absolute Gasteiger partial charge is 0.328 e. The second kappa shape index (κ2) is 5.89. The Balaban J connectivity index is 2.95. The quantitative estimate of drug-likeness (QED) is 0.569. The van der Waals surface area contributed by atoms with Crippen molar-refractivity contribution in [1.29, 1.82) is 0 Å². The number of aliphatic hydroxyl groups excluding tert-OH is 1. The van der Waals surface area contributed by atoms with E-state index in [1.54, 1.807) is 0 Å². The van der Waals surface area contributed by atoms with Crippen molar-refractivity contribution in [2.75, 3.05) is 0 Å². The number of carbonyl (C=O) groups excluding carboxylic acids is 1. The molecule has 2 unspecified atom stereocenters. The standard InChI is InChI=1S/C13H13NO5/c1-3-8-4-5-9(10(16)6-8)12(17)14-11(7(2)15)13(18)19/h1,4-7,11,15-16H,2H3,(H,14,17)(H,18,19). The summed E-state index contributed by atoms with van der Waals surface area (Å²) >= 11 is 0. The molecule has 0 radical (unpaired) electrons. The van der Waals surface area contributed by atoms with Gasteiger partial charge in [-0.05, 0) is 25.1 Å². The maximum atomic E-state index is 11.8. The Morgan fingerprint density at radius 2 is 2.05 bits per heavy atom. The van der Waals surface area contributed by atoms with Crippen LogP contribution in [-0.2, 0) is 4.79 Å². The maximum Gasteiger partial charge on any atom is 0.328 e. The second-order valence-electron chi connectivity index (χ2n) is 3.91. The van der Waals surface area contributed by atoms with Crippen LogP contribution >= 0.6 is 0 Å². The van der Waals surface area contributed by atoms with Gasteiger partial charge in [0, 0.05) is 5.56 Å². The number of hydrogen-bond donors (Lipinski definition) is 4. The lowest BCUT2D eigenvalue weighted by Crippen LogP contribution is -2.47. The summed E-state index contributed by atoms with van der Waals surface area (Å²) in [7, 11) is 0. The van der Waals surface area contributed by atoms with Crippen molar-refractivity contribution >= 4 is 11.9 Å². The molecule has 19 heavy (non-hydrogen) atoms. The molecule has 0 heterocycles. The van der Waals surface area contributed by atoms with Gasteiger partial charge in [0.25, 0.3) is 5.91 Å². The number of terminal acetylenes is 1. The minimum atomic E-state index is -1.46. The van der Waals surface area contributed by atoms with Crippen LogP contribution < -0.4 is 5.32 Å². The molecule has 0 saturated heterocycles. The number of carboxylic acids is 1. The number of phenols is 1. The summed E-state index contributed by atoms with van der Waals surface area (Å²) in [6, 6.07) is 2.47. The predicted octanol–water partition coefficient (Wildman–Crippen LogP) is -0.0627. The van der Waals surface area contributed by atoms with E-state index in [-0.39, 0.29) is 11.3 Å². The first kappa shape index (κ1) is 14.5. The third kappa shape index (κ3) is 3.47. The van der Waals surface area contributed by atoms with Crippen molar-refractivity contribution in [2.45, 2.75) is 19.1 Å². The average molecular weight is 263 g/mol. The Bertz CT molecular complexity index is 544. The van der Waals surface area contributed by atoms with E-state index in [0.717, 1.165) is 0 Å². The lowest BCUT2D eigenvalue weighted by atomic mass is 10.1. The predicted molar refractivity (Wildman–Crippen MR) is 66.6 cm³/mol. The first-order valence-electron chi connectivity index (χ1n) is 5.38. The van der Waals surface area contributed by atoms with Gasteiger partial charge < -0.3 is 20.6 Å². The number of carbonyl (C=O) groups is 2. The number of nitrogens with one attached hydrogen (secondary N) is 1. The van der Waals surface area contributed by atoms with E-state index in [4.69, 9.17) is 11.5 Å².